The molecule has 0 radical (unpaired) electrons. The molecule has 0 saturated carbocycles. The standard InChI is InChI=1S/C21H40N6/c1-5-22-21(24-18(4)12-9-11-17(2)3)23-15-10-14-20-26-25-19-13-7-6-8-16-27(19)20/h17-18H,5-16H2,1-4H3,(H2,22,23,24). The van der Waals surface area contributed by atoms with E-state index < -0.39 is 0 Å². The molecule has 0 aromatic carbocycles. The van der Waals surface area contributed by atoms with Crippen LogP contribution in [0.25, 0.3) is 0 Å². The molecule has 1 aromatic rings. The fraction of sp³-hybridized carbons (Fsp3) is 0.857. The Morgan fingerprint density at radius 3 is 2.74 bits per heavy atom. The molecule has 154 valence electrons. The fourth-order valence-corrected chi connectivity index (χ4v) is 3.62. The molecule has 1 unspecified atom stereocenters. The van der Waals surface area contributed by atoms with Crippen LogP contribution in [0.15, 0.2) is 4.99 Å². The number of fused-ring (bicyclic) bond motifs is 1. The van der Waals surface area contributed by atoms with Crippen molar-refractivity contribution in [2.75, 3.05) is 13.1 Å². The number of aliphatic imine (C=N–C) groups is 1. The molecule has 0 spiro atoms. The van der Waals surface area contributed by atoms with E-state index in [1.54, 1.807) is 0 Å². The van der Waals surface area contributed by atoms with E-state index in [0.29, 0.717) is 6.04 Å². The predicted molar refractivity (Wildman–Crippen MR) is 113 cm³/mol. The molecule has 1 aliphatic rings. The monoisotopic (exact) mass is 376 g/mol. The van der Waals surface area contributed by atoms with Crippen LogP contribution >= 0.6 is 0 Å². The maximum absolute atomic E-state index is 4.76. The minimum atomic E-state index is 0.453. The highest BCUT2D eigenvalue weighted by Gasteiger charge is 2.14. The first-order valence-corrected chi connectivity index (χ1v) is 11.1. The molecule has 6 heteroatoms. The first-order valence-electron chi connectivity index (χ1n) is 11.1. The van der Waals surface area contributed by atoms with E-state index in [9.17, 15) is 0 Å². The Balaban J connectivity index is 1.77. The molecule has 2 N–H and O–H groups in total. The topological polar surface area (TPSA) is 67.1 Å². The van der Waals surface area contributed by atoms with E-state index in [1.807, 2.05) is 0 Å². The smallest absolute Gasteiger partial charge is 0.191 e. The molecule has 2 rings (SSSR count). The number of guanidine groups is 1. The van der Waals surface area contributed by atoms with Gasteiger partial charge in [0.05, 0.1) is 0 Å². The zero-order valence-electron chi connectivity index (χ0n) is 17.9. The minimum Gasteiger partial charge on any atom is -0.357 e. The van der Waals surface area contributed by atoms with Gasteiger partial charge in [-0.3, -0.25) is 4.99 Å². The Bertz CT molecular complexity index is 563. The molecule has 0 aliphatic carbocycles. The van der Waals surface area contributed by atoms with Crippen molar-refractivity contribution >= 4 is 5.96 Å². The lowest BCUT2D eigenvalue weighted by Gasteiger charge is -2.18. The summed E-state index contributed by atoms with van der Waals surface area (Å²) < 4.78 is 2.34. The Kier molecular flexibility index (Phi) is 9.64. The summed E-state index contributed by atoms with van der Waals surface area (Å²) in [4.78, 5) is 4.76. The quantitative estimate of drug-likeness (QED) is 0.371. The molecule has 27 heavy (non-hydrogen) atoms. The summed E-state index contributed by atoms with van der Waals surface area (Å²) in [5, 5.41) is 15.7. The third kappa shape index (κ3) is 7.89. The lowest BCUT2D eigenvalue weighted by atomic mass is 10.0. The van der Waals surface area contributed by atoms with Crippen molar-refractivity contribution in [2.45, 2.75) is 98.1 Å². The molecule has 1 aromatic heterocycles. The van der Waals surface area contributed by atoms with E-state index in [-0.39, 0.29) is 0 Å². The van der Waals surface area contributed by atoms with Gasteiger partial charge in [0.2, 0.25) is 0 Å². The molecule has 2 heterocycles. The van der Waals surface area contributed by atoms with Gasteiger partial charge in [-0.15, -0.1) is 10.2 Å². The van der Waals surface area contributed by atoms with Crippen LogP contribution in [0.3, 0.4) is 0 Å². The molecular formula is C21H40N6. The average Bonchev–Trinajstić information content (AvgIpc) is 2.85. The summed E-state index contributed by atoms with van der Waals surface area (Å²) in [6, 6.07) is 0.453. The summed E-state index contributed by atoms with van der Waals surface area (Å²) in [6.07, 6.45) is 10.6. The second-order valence-corrected chi connectivity index (χ2v) is 8.23. The van der Waals surface area contributed by atoms with Gasteiger partial charge in [-0.1, -0.05) is 33.1 Å². The van der Waals surface area contributed by atoms with Crippen molar-refractivity contribution in [1.29, 1.82) is 0 Å². The van der Waals surface area contributed by atoms with E-state index >= 15 is 0 Å². The van der Waals surface area contributed by atoms with Gasteiger partial charge in [-0.2, -0.15) is 0 Å². The number of nitrogens with one attached hydrogen (secondary N) is 2. The van der Waals surface area contributed by atoms with Gasteiger partial charge >= 0.3 is 0 Å². The van der Waals surface area contributed by atoms with Gasteiger partial charge in [-0.05, 0) is 45.4 Å². The number of aromatic nitrogens is 3. The van der Waals surface area contributed by atoms with Crippen LogP contribution in [-0.4, -0.2) is 39.9 Å². The second kappa shape index (κ2) is 12.0. The Morgan fingerprint density at radius 2 is 1.96 bits per heavy atom. The van der Waals surface area contributed by atoms with Crippen LogP contribution in [-0.2, 0) is 19.4 Å². The van der Waals surface area contributed by atoms with Crippen molar-refractivity contribution in [3.63, 3.8) is 0 Å². The van der Waals surface area contributed by atoms with Gasteiger partial charge in [0, 0.05) is 38.5 Å². The average molecular weight is 377 g/mol. The summed E-state index contributed by atoms with van der Waals surface area (Å²) in [5.41, 5.74) is 0. The van der Waals surface area contributed by atoms with Crippen molar-refractivity contribution < 1.29 is 0 Å². The van der Waals surface area contributed by atoms with E-state index in [0.717, 1.165) is 56.6 Å². The summed E-state index contributed by atoms with van der Waals surface area (Å²) in [5.74, 6) is 4.04. The SMILES string of the molecule is CCNC(=NCCCc1nnc2n1CCCCC2)NC(C)CCCC(C)C. The zero-order valence-corrected chi connectivity index (χ0v) is 17.9. The molecule has 0 saturated heterocycles. The maximum Gasteiger partial charge on any atom is 0.191 e. The summed E-state index contributed by atoms with van der Waals surface area (Å²) in [7, 11) is 0. The number of hydrogen-bond acceptors (Lipinski definition) is 3. The molecule has 0 amide bonds. The fourth-order valence-electron chi connectivity index (χ4n) is 3.62. The van der Waals surface area contributed by atoms with Crippen LogP contribution in [0.2, 0.25) is 0 Å². The van der Waals surface area contributed by atoms with Crippen LogP contribution in [0, 0.1) is 5.92 Å². The highest BCUT2D eigenvalue weighted by molar-refractivity contribution is 5.80. The largest absolute Gasteiger partial charge is 0.357 e. The number of nitrogens with zero attached hydrogens (tertiary/aromatic N) is 4. The Hall–Kier alpha value is -1.59. The zero-order chi connectivity index (χ0) is 19.5. The van der Waals surface area contributed by atoms with Crippen molar-refractivity contribution in [2.24, 2.45) is 10.9 Å². The van der Waals surface area contributed by atoms with Gasteiger partial charge < -0.3 is 15.2 Å². The Labute approximate surface area is 165 Å². The molecule has 6 nitrogen and oxygen atoms in total. The van der Waals surface area contributed by atoms with Crippen LogP contribution in [0.1, 0.15) is 84.3 Å². The first kappa shape index (κ1) is 21.7. The predicted octanol–water partition coefficient (Wildman–Crippen LogP) is 3.71. The van der Waals surface area contributed by atoms with Crippen molar-refractivity contribution in [3.05, 3.63) is 11.6 Å². The van der Waals surface area contributed by atoms with Gasteiger partial charge in [0.1, 0.15) is 11.6 Å². The highest BCUT2D eigenvalue weighted by Crippen LogP contribution is 2.15. The molecule has 1 atom stereocenters. The van der Waals surface area contributed by atoms with E-state index in [4.69, 9.17) is 4.99 Å². The van der Waals surface area contributed by atoms with E-state index in [2.05, 4.69) is 53.1 Å². The second-order valence-electron chi connectivity index (χ2n) is 8.23. The number of hydrogen-bond donors (Lipinski definition) is 2. The maximum atomic E-state index is 4.76. The Morgan fingerprint density at radius 1 is 1.11 bits per heavy atom. The summed E-state index contributed by atoms with van der Waals surface area (Å²) >= 11 is 0. The molecule has 0 fully saturated rings. The molecule has 1 aliphatic heterocycles. The molecular weight excluding hydrogens is 336 g/mol. The molecule has 0 bridgehead atoms. The van der Waals surface area contributed by atoms with Crippen LogP contribution in [0.5, 0.6) is 0 Å². The minimum absolute atomic E-state index is 0.453. The lowest BCUT2D eigenvalue weighted by Crippen LogP contribution is -2.42. The normalized spacial score (nSPS) is 16.1. The number of rotatable bonds is 10. The van der Waals surface area contributed by atoms with Gasteiger partial charge in [0.25, 0.3) is 0 Å². The van der Waals surface area contributed by atoms with Gasteiger partial charge in [0.15, 0.2) is 5.96 Å². The summed E-state index contributed by atoms with van der Waals surface area (Å²) in [6.45, 7) is 11.7. The number of aryl methyl sites for hydroxylation is 2. The van der Waals surface area contributed by atoms with Crippen molar-refractivity contribution in [1.82, 2.24) is 25.4 Å². The van der Waals surface area contributed by atoms with Crippen LogP contribution in [0.4, 0.5) is 0 Å². The third-order valence-corrected chi connectivity index (χ3v) is 5.16. The van der Waals surface area contributed by atoms with Crippen molar-refractivity contribution in [3.8, 4) is 0 Å². The lowest BCUT2D eigenvalue weighted by molar-refractivity contribution is 0.491. The first-order chi connectivity index (χ1) is 13.1. The van der Waals surface area contributed by atoms with Gasteiger partial charge in [-0.25, -0.2) is 0 Å². The third-order valence-electron chi connectivity index (χ3n) is 5.16. The van der Waals surface area contributed by atoms with Crippen LogP contribution < -0.4 is 10.6 Å². The highest BCUT2D eigenvalue weighted by atomic mass is 15.3. The van der Waals surface area contributed by atoms with E-state index in [1.165, 1.54) is 44.3 Å².